The predicted molar refractivity (Wildman–Crippen MR) is 139 cm³/mol. The zero-order valence-electron chi connectivity index (χ0n) is 18.8. The average Bonchev–Trinajstić information content (AvgIpc) is 3.05. The van der Waals surface area contributed by atoms with Gasteiger partial charge in [0.05, 0.1) is 22.0 Å². The van der Waals surface area contributed by atoms with Crippen LogP contribution in [0.1, 0.15) is 29.6 Å². The van der Waals surface area contributed by atoms with Crippen molar-refractivity contribution in [1.82, 2.24) is 9.97 Å². The maximum absolute atomic E-state index is 12.9. The molecule has 0 atom stereocenters. The first-order chi connectivity index (χ1) is 16.9. The molecule has 1 aromatic heterocycles. The number of nitrogens with zero attached hydrogens (tertiary/aromatic N) is 3. The molecule has 178 valence electrons. The first kappa shape index (κ1) is 23.3. The minimum Gasteiger partial charge on any atom is -0.322 e. The van der Waals surface area contributed by atoms with Gasteiger partial charge in [0.15, 0.2) is 5.82 Å². The highest BCUT2D eigenvalue weighted by Crippen LogP contribution is 2.30. The van der Waals surface area contributed by atoms with E-state index >= 15 is 0 Å². The largest absolute Gasteiger partial charge is 0.322 e. The van der Waals surface area contributed by atoms with Crippen molar-refractivity contribution in [3.63, 3.8) is 0 Å². The quantitative estimate of drug-likeness (QED) is 0.393. The molecule has 9 heteroatoms. The summed E-state index contributed by atoms with van der Waals surface area (Å²) in [4.78, 5) is 21.9. The van der Waals surface area contributed by atoms with Crippen LogP contribution in [0, 0.1) is 0 Å². The number of amides is 1. The fourth-order valence-corrected chi connectivity index (χ4v) is 5.96. The second-order valence-corrected chi connectivity index (χ2v) is 10.8. The SMILES string of the molecule is O=C(Nc1ccc(Cl)c(-c2ncc3ccccc3n2)c1)c1ccc(N2CCCCCS2(=O)=O)cc1. The van der Waals surface area contributed by atoms with Crippen molar-refractivity contribution in [3.8, 4) is 11.4 Å². The van der Waals surface area contributed by atoms with E-state index in [0.29, 0.717) is 46.3 Å². The van der Waals surface area contributed by atoms with Crippen molar-refractivity contribution in [3.05, 3.63) is 83.5 Å². The molecule has 4 aromatic rings. The molecule has 7 nitrogen and oxygen atoms in total. The number of carbonyl (C=O) groups excluding carboxylic acids is 1. The molecule has 0 spiro atoms. The molecular formula is C26H23ClN4O3S. The molecule has 1 fully saturated rings. The maximum Gasteiger partial charge on any atom is 0.255 e. The Balaban J connectivity index is 1.36. The van der Waals surface area contributed by atoms with E-state index in [1.54, 1.807) is 48.7 Å². The number of aromatic nitrogens is 2. The van der Waals surface area contributed by atoms with Gasteiger partial charge in [-0.3, -0.25) is 9.10 Å². The molecule has 1 aliphatic heterocycles. The molecule has 1 amide bonds. The number of hydrogen-bond donors (Lipinski definition) is 1. The average molecular weight is 507 g/mol. The molecule has 3 aromatic carbocycles. The molecule has 35 heavy (non-hydrogen) atoms. The topological polar surface area (TPSA) is 92.3 Å². The van der Waals surface area contributed by atoms with Gasteiger partial charge < -0.3 is 5.32 Å². The molecule has 1 N–H and O–H groups in total. The summed E-state index contributed by atoms with van der Waals surface area (Å²) in [5.74, 6) is 0.297. The third-order valence-corrected chi connectivity index (χ3v) is 8.17. The van der Waals surface area contributed by atoms with Crippen LogP contribution in [0.15, 0.2) is 72.9 Å². The Morgan fingerprint density at radius 3 is 2.60 bits per heavy atom. The number of rotatable bonds is 4. The van der Waals surface area contributed by atoms with Crippen LogP contribution >= 0.6 is 11.6 Å². The van der Waals surface area contributed by atoms with E-state index in [1.807, 2.05) is 24.3 Å². The molecule has 0 unspecified atom stereocenters. The van der Waals surface area contributed by atoms with Crippen molar-refractivity contribution < 1.29 is 13.2 Å². The third kappa shape index (κ3) is 4.99. The van der Waals surface area contributed by atoms with E-state index in [9.17, 15) is 13.2 Å². The van der Waals surface area contributed by atoms with Crippen molar-refractivity contribution in [2.45, 2.75) is 19.3 Å². The molecule has 0 saturated carbocycles. The van der Waals surface area contributed by atoms with Crippen molar-refractivity contribution in [2.24, 2.45) is 0 Å². The number of fused-ring (bicyclic) bond motifs is 1. The zero-order valence-corrected chi connectivity index (χ0v) is 20.4. The summed E-state index contributed by atoms with van der Waals surface area (Å²) in [6.07, 6.45) is 4.13. The second kappa shape index (κ2) is 9.64. The third-order valence-electron chi connectivity index (χ3n) is 5.97. The van der Waals surface area contributed by atoms with Gasteiger partial charge in [-0.25, -0.2) is 18.4 Å². The Hall–Kier alpha value is -3.49. The molecule has 1 aliphatic rings. The number of anilines is 2. The van der Waals surface area contributed by atoms with Gasteiger partial charge in [0.1, 0.15) is 0 Å². The van der Waals surface area contributed by atoms with Crippen molar-refractivity contribution in [1.29, 1.82) is 0 Å². The highest BCUT2D eigenvalue weighted by Gasteiger charge is 2.24. The molecule has 2 heterocycles. The lowest BCUT2D eigenvalue weighted by Gasteiger charge is -2.22. The van der Waals surface area contributed by atoms with Gasteiger partial charge in [-0.2, -0.15) is 0 Å². The highest BCUT2D eigenvalue weighted by molar-refractivity contribution is 7.92. The lowest BCUT2D eigenvalue weighted by Crippen LogP contribution is -2.32. The fraction of sp³-hybridized carbons (Fsp3) is 0.192. The number of sulfonamides is 1. The number of halogens is 1. The molecule has 0 aliphatic carbocycles. The van der Waals surface area contributed by atoms with Gasteiger partial charge in [-0.15, -0.1) is 0 Å². The summed E-state index contributed by atoms with van der Waals surface area (Å²) >= 11 is 6.41. The molecule has 1 saturated heterocycles. The highest BCUT2D eigenvalue weighted by atomic mass is 35.5. The van der Waals surface area contributed by atoms with Gasteiger partial charge in [0.2, 0.25) is 10.0 Å². The minimum atomic E-state index is -3.34. The van der Waals surface area contributed by atoms with Crippen LogP contribution in [-0.4, -0.2) is 36.6 Å². The lowest BCUT2D eigenvalue weighted by atomic mass is 10.1. The predicted octanol–water partition coefficient (Wildman–Crippen LogP) is 5.52. The van der Waals surface area contributed by atoms with E-state index in [-0.39, 0.29) is 11.7 Å². The minimum absolute atomic E-state index is 0.148. The van der Waals surface area contributed by atoms with Crippen molar-refractivity contribution >= 4 is 49.8 Å². The van der Waals surface area contributed by atoms with E-state index in [1.165, 1.54) is 4.31 Å². The first-order valence-electron chi connectivity index (χ1n) is 11.3. The summed E-state index contributed by atoms with van der Waals surface area (Å²) in [6.45, 7) is 0.457. The Morgan fingerprint density at radius 2 is 1.77 bits per heavy atom. The van der Waals surface area contributed by atoms with Crippen molar-refractivity contribution in [2.75, 3.05) is 21.9 Å². The van der Waals surface area contributed by atoms with E-state index in [4.69, 9.17) is 11.6 Å². The van der Waals surface area contributed by atoms with Crippen LogP contribution in [0.25, 0.3) is 22.3 Å². The normalized spacial score (nSPS) is 15.5. The van der Waals surface area contributed by atoms with Crippen LogP contribution in [0.5, 0.6) is 0 Å². The summed E-state index contributed by atoms with van der Waals surface area (Å²) in [5.41, 5.74) is 2.95. The number of hydrogen-bond acceptors (Lipinski definition) is 5. The smallest absolute Gasteiger partial charge is 0.255 e. The molecule has 0 radical (unpaired) electrons. The van der Waals surface area contributed by atoms with Gasteiger partial charge in [0, 0.05) is 34.9 Å². The second-order valence-electron chi connectivity index (χ2n) is 8.40. The fourth-order valence-electron chi connectivity index (χ4n) is 4.11. The summed E-state index contributed by atoms with van der Waals surface area (Å²) in [6, 6.07) is 19.4. The summed E-state index contributed by atoms with van der Waals surface area (Å²) < 4.78 is 26.5. The molecular weight excluding hydrogens is 484 g/mol. The number of benzene rings is 3. The lowest BCUT2D eigenvalue weighted by molar-refractivity contribution is 0.102. The summed E-state index contributed by atoms with van der Waals surface area (Å²) in [7, 11) is -3.34. The Morgan fingerprint density at radius 1 is 0.971 bits per heavy atom. The van der Waals surface area contributed by atoms with Crippen LogP contribution in [-0.2, 0) is 10.0 Å². The first-order valence-corrected chi connectivity index (χ1v) is 13.3. The van der Waals surface area contributed by atoms with Crippen LogP contribution < -0.4 is 9.62 Å². The maximum atomic E-state index is 12.9. The summed E-state index contributed by atoms with van der Waals surface area (Å²) in [5, 5.41) is 4.27. The van der Waals surface area contributed by atoms with E-state index in [0.717, 1.165) is 23.7 Å². The molecule has 0 bridgehead atoms. The number of nitrogens with one attached hydrogen (secondary N) is 1. The van der Waals surface area contributed by atoms with E-state index < -0.39 is 10.0 Å². The Labute approximate surface area is 208 Å². The van der Waals surface area contributed by atoms with Crippen LogP contribution in [0.2, 0.25) is 5.02 Å². The molecule has 5 rings (SSSR count). The Kier molecular flexibility index (Phi) is 6.40. The van der Waals surface area contributed by atoms with E-state index in [2.05, 4.69) is 15.3 Å². The van der Waals surface area contributed by atoms with Gasteiger partial charge in [0.25, 0.3) is 5.91 Å². The number of para-hydroxylation sites is 1. The zero-order chi connectivity index (χ0) is 24.4. The monoisotopic (exact) mass is 506 g/mol. The Bertz CT molecular complexity index is 1510. The number of carbonyl (C=O) groups is 1. The van der Waals surface area contributed by atoms with Crippen LogP contribution in [0.4, 0.5) is 11.4 Å². The standard InChI is InChI=1S/C26H23ClN4O3S/c27-23-13-10-20(16-22(23)25-28-17-19-6-2-3-7-24(19)30-25)29-26(32)18-8-11-21(12-9-18)31-14-4-1-5-15-35(31,33)34/h2-3,6-13,16-17H,1,4-5,14-15H2,(H,29,32). The van der Waals surface area contributed by atoms with Gasteiger partial charge in [-0.05, 0) is 61.4 Å². The van der Waals surface area contributed by atoms with Crippen LogP contribution in [0.3, 0.4) is 0 Å². The van der Waals surface area contributed by atoms with Gasteiger partial charge in [-0.1, -0.05) is 36.2 Å². The van der Waals surface area contributed by atoms with Gasteiger partial charge >= 0.3 is 0 Å².